The smallest absolute Gasteiger partial charge is 0.271 e. The van der Waals surface area contributed by atoms with Crippen LogP contribution in [0.4, 0.5) is 0 Å². The Bertz CT molecular complexity index is 1280. The lowest BCUT2D eigenvalue weighted by molar-refractivity contribution is 0.0954. The molecule has 0 atom stereocenters. The van der Waals surface area contributed by atoms with E-state index in [0.29, 0.717) is 17.1 Å². The van der Waals surface area contributed by atoms with Gasteiger partial charge >= 0.3 is 0 Å². The van der Waals surface area contributed by atoms with Gasteiger partial charge in [0.2, 0.25) is 0 Å². The summed E-state index contributed by atoms with van der Waals surface area (Å²) >= 11 is 0. The van der Waals surface area contributed by atoms with Gasteiger partial charge < -0.3 is 9.47 Å². The van der Waals surface area contributed by atoms with Gasteiger partial charge in [0.1, 0.15) is 5.69 Å². The van der Waals surface area contributed by atoms with E-state index in [-0.39, 0.29) is 5.91 Å². The highest BCUT2D eigenvalue weighted by Gasteiger charge is 2.13. The number of aromatic nitrogens is 2. The van der Waals surface area contributed by atoms with Gasteiger partial charge in [-0.25, -0.2) is 10.1 Å². The van der Waals surface area contributed by atoms with Crippen molar-refractivity contribution < 1.29 is 14.3 Å². The summed E-state index contributed by atoms with van der Waals surface area (Å²) in [7, 11) is 3.07. The van der Waals surface area contributed by atoms with Crippen molar-refractivity contribution in [2.45, 2.75) is 6.92 Å². The number of rotatable bonds is 7. The predicted molar refractivity (Wildman–Crippen MR) is 128 cm³/mol. The molecule has 7 nitrogen and oxygen atoms in total. The van der Waals surface area contributed by atoms with E-state index < -0.39 is 0 Å². The first-order valence-corrected chi connectivity index (χ1v) is 10.4. The van der Waals surface area contributed by atoms with Crippen LogP contribution in [-0.2, 0) is 0 Å². The summed E-state index contributed by atoms with van der Waals surface area (Å²) in [6, 6.07) is 22.9. The van der Waals surface area contributed by atoms with Gasteiger partial charge in [-0.1, -0.05) is 48.0 Å². The zero-order valence-corrected chi connectivity index (χ0v) is 18.6. The molecule has 166 valence electrons. The molecule has 4 aromatic rings. The number of aryl methyl sites for hydroxylation is 1. The molecule has 0 aliphatic carbocycles. The molecule has 1 aromatic heterocycles. The summed E-state index contributed by atoms with van der Waals surface area (Å²) in [6.45, 7) is 2.04. The third kappa shape index (κ3) is 4.93. The lowest BCUT2D eigenvalue weighted by Gasteiger charge is -2.08. The Morgan fingerprint density at radius 3 is 2.39 bits per heavy atom. The molecule has 7 heteroatoms. The van der Waals surface area contributed by atoms with Crippen LogP contribution in [0.15, 0.2) is 84.1 Å². The van der Waals surface area contributed by atoms with Crippen LogP contribution in [0.5, 0.6) is 11.5 Å². The molecule has 0 spiro atoms. The molecular weight excluding hydrogens is 416 g/mol. The van der Waals surface area contributed by atoms with Gasteiger partial charge in [-0.2, -0.15) is 10.2 Å². The van der Waals surface area contributed by atoms with Crippen molar-refractivity contribution in [2.24, 2.45) is 5.10 Å². The fraction of sp³-hybridized carbons (Fsp3) is 0.115. The first-order valence-electron chi connectivity index (χ1n) is 10.4. The Morgan fingerprint density at radius 2 is 1.70 bits per heavy atom. The maximum atomic E-state index is 12.6. The number of para-hydroxylation sites is 1. The highest BCUT2D eigenvalue weighted by molar-refractivity contribution is 5.96. The summed E-state index contributed by atoms with van der Waals surface area (Å²) in [5.41, 5.74) is 7.57. The fourth-order valence-electron chi connectivity index (χ4n) is 3.33. The van der Waals surface area contributed by atoms with Crippen molar-refractivity contribution in [3.63, 3.8) is 0 Å². The Morgan fingerprint density at radius 1 is 0.970 bits per heavy atom. The molecule has 0 aliphatic rings. The molecule has 0 radical (unpaired) electrons. The van der Waals surface area contributed by atoms with E-state index >= 15 is 0 Å². The van der Waals surface area contributed by atoms with Crippen molar-refractivity contribution in [2.75, 3.05) is 14.2 Å². The normalized spacial score (nSPS) is 10.9. The van der Waals surface area contributed by atoms with Gasteiger partial charge in [0.25, 0.3) is 5.91 Å². The molecule has 1 amide bonds. The van der Waals surface area contributed by atoms with Crippen LogP contribution in [0.1, 0.15) is 21.5 Å². The molecule has 0 aliphatic heterocycles. The van der Waals surface area contributed by atoms with Gasteiger partial charge in [0.15, 0.2) is 11.5 Å². The average molecular weight is 441 g/mol. The molecule has 1 heterocycles. The number of amides is 1. The second kappa shape index (κ2) is 9.82. The second-order valence-corrected chi connectivity index (χ2v) is 7.35. The van der Waals surface area contributed by atoms with Crippen molar-refractivity contribution in [1.29, 1.82) is 0 Å². The molecule has 0 fully saturated rings. The number of methoxy groups -OCH3 is 2. The van der Waals surface area contributed by atoms with Crippen LogP contribution in [0, 0.1) is 6.92 Å². The Hall–Kier alpha value is -4.39. The second-order valence-electron chi connectivity index (χ2n) is 7.35. The molecule has 0 saturated carbocycles. The molecule has 0 bridgehead atoms. The molecule has 4 rings (SSSR count). The number of carbonyl (C=O) groups is 1. The number of hydrazone groups is 1. The van der Waals surface area contributed by atoms with Crippen molar-refractivity contribution in [3.05, 3.63) is 95.7 Å². The van der Waals surface area contributed by atoms with Crippen LogP contribution < -0.4 is 14.9 Å². The molecule has 0 saturated heterocycles. The average Bonchev–Trinajstić information content (AvgIpc) is 3.28. The predicted octanol–water partition coefficient (Wildman–Crippen LogP) is 4.63. The summed E-state index contributed by atoms with van der Waals surface area (Å²) in [6.07, 6.45) is 3.48. The maximum Gasteiger partial charge on any atom is 0.271 e. The highest BCUT2D eigenvalue weighted by atomic mass is 16.5. The zero-order valence-electron chi connectivity index (χ0n) is 18.6. The Balaban J connectivity index is 1.60. The van der Waals surface area contributed by atoms with Gasteiger partial charge in [-0.15, -0.1) is 0 Å². The van der Waals surface area contributed by atoms with E-state index in [1.165, 1.54) is 12.7 Å². The van der Waals surface area contributed by atoms with E-state index in [1.54, 1.807) is 36.2 Å². The zero-order chi connectivity index (χ0) is 23.2. The topological polar surface area (TPSA) is 77.7 Å². The molecule has 0 unspecified atom stereocenters. The van der Waals surface area contributed by atoms with Crippen LogP contribution >= 0.6 is 0 Å². The van der Waals surface area contributed by atoms with Crippen LogP contribution in [-0.4, -0.2) is 36.1 Å². The van der Waals surface area contributed by atoms with E-state index in [2.05, 4.69) is 10.5 Å². The maximum absolute atomic E-state index is 12.6. The standard InChI is InChI=1S/C26H24N4O3/c1-18-9-11-19(12-10-18)25-21(17-30(29-25)22-7-5-4-6-8-22)16-27-28-26(31)20-13-14-23(32-2)24(15-20)33-3/h4-17H,1-3H3,(H,28,31)/b27-16+. The minimum absolute atomic E-state index is 0.362. The third-order valence-electron chi connectivity index (χ3n) is 5.10. The minimum atomic E-state index is -0.362. The number of carbonyl (C=O) groups excluding carboxylic acids is 1. The third-order valence-corrected chi connectivity index (χ3v) is 5.10. The van der Waals surface area contributed by atoms with E-state index in [1.807, 2.05) is 67.7 Å². The number of nitrogens with one attached hydrogen (secondary N) is 1. The Labute approximate surface area is 192 Å². The van der Waals surface area contributed by atoms with Crippen molar-refractivity contribution in [3.8, 4) is 28.4 Å². The fourth-order valence-corrected chi connectivity index (χ4v) is 3.33. The van der Waals surface area contributed by atoms with E-state index in [9.17, 15) is 4.79 Å². The number of ether oxygens (including phenoxy) is 2. The Kier molecular flexibility index (Phi) is 6.50. The molecule has 1 N–H and O–H groups in total. The summed E-state index contributed by atoms with van der Waals surface area (Å²) in [5.74, 6) is 0.660. The number of hydrogen-bond acceptors (Lipinski definition) is 5. The lowest BCUT2D eigenvalue weighted by Crippen LogP contribution is -2.17. The van der Waals surface area contributed by atoms with Crippen LogP contribution in [0.25, 0.3) is 16.9 Å². The minimum Gasteiger partial charge on any atom is -0.493 e. The molecule has 33 heavy (non-hydrogen) atoms. The molecule has 3 aromatic carbocycles. The monoisotopic (exact) mass is 440 g/mol. The summed E-state index contributed by atoms with van der Waals surface area (Å²) in [4.78, 5) is 12.6. The van der Waals surface area contributed by atoms with Crippen LogP contribution in [0.3, 0.4) is 0 Å². The number of hydrogen-bond donors (Lipinski definition) is 1. The lowest BCUT2D eigenvalue weighted by atomic mass is 10.1. The first-order chi connectivity index (χ1) is 16.1. The quantitative estimate of drug-likeness (QED) is 0.336. The number of benzene rings is 3. The summed E-state index contributed by atoms with van der Waals surface area (Å²) in [5, 5.41) is 8.94. The van der Waals surface area contributed by atoms with Gasteiger partial charge in [0.05, 0.1) is 26.1 Å². The van der Waals surface area contributed by atoms with E-state index in [4.69, 9.17) is 14.6 Å². The van der Waals surface area contributed by atoms with Crippen LogP contribution in [0.2, 0.25) is 0 Å². The molecular formula is C26H24N4O3. The van der Waals surface area contributed by atoms with Crippen molar-refractivity contribution in [1.82, 2.24) is 15.2 Å². The van der Waals surface area contributed by atoms with Gasteiger partial charge in [-0.05, 0) is 37.3 Å². The van der Waals surface area contributed by atoms with Gasteiger partial charge in [0, 0.05) is 22.9 Å². The number of nitrogens with zero attached hydrogens (tertiary/aromatic N) is 3. The van der Waals surface area contributed by atoms with E-state index in [0.717, 1.165) is 22.5 Å². The van der Waals surface area contributed by atoms with Gasteiger partial charge in [-0.3, -0.25) is 4.79 Å². The largest absolute Gasteiger partial charge is 0.493 e. The first kappa shape index (κ1) is 21.8. The highest BCUT2D eigenvalue weighted by Crippen LogP contribution is 2.27. The van der Waals surface area contributed by atoms with Crippen molar-refractivity contribution >= 4 is 12.1 Å². The SMILES string of the molecule is COc1ccc(C(=O)N/N=C/c2cn(-c3ccccc3)nc2-c2ccc(C)cc2)cc1OC. The summed E-state index contributed by atoms with van der Waals surface area (Å²) < 4.78 is 12.3.